The molecule has 0 aromatic heterocycles. The molecule has 0 radical (unpaired) electrons. The Hall–Kier alpha value is -1.81. The molecule has 0 bridgehead atoms. The van der Waals surface area contributed by atoms with Gasteiger partial charge in [-0.3, -0.25) is 4.79 Å². The van der Waals surface area contributed by atoms with Crippen LogP contribution in [0, 0.1) is 0 Å². The third-order valence-electron chi connectivity index (χ3n) is 2.23. The zero-order valence-electron chi connectivity index (χ0n) is 10.6. The molecule has 0 aliphatic rings. The van der Waals surface area contributed by atoms with Crippen molar-refractivity contribution in [2.75, 3.05) is 6.54 Å². The molecule has 0 amide bonds. The van der Waals surface area contributed by atoms with Gasteiger partial charge in [0.2, 0.25) is 10.0 Å². The number of aliphatic carboxylic acids is 1. The Bertz CT molecular complexity index is 583. The molecular formula is C11H12F3NO5S. The monoisotopic (exact) mass is 327 g/mol. The molecule has 0 atom stereocenters. The van der Waals surface area contributed by atoms with Gasteiger partial charge in [0.15, 0.2) is 0 Å². The molecule has 0 fully saturated rings. The first-order chi connectivity index (χ1) is 9.60. The summed E-state index contributed by atoms with van der Waals surface area (Å²) in [6, 6.07) is 3.67. The maximum Gasteiger partial charge on any atom is 0.573 e. The normalized spacial score (nSPS) is 12.1. The molecule has 2 N–H and O–H groups in total. The number of rotatable bonds is 7. The SMILES string of the molecule is O=C(O)CCCNS(=O)(=O)c1ccc(OC(F)(F)F)cc1. The van der Waals surface area contributed by atoms with E-state index in [9.17, 15) is 26.4 Å². The van der Waals surface area contributed by atoms with Crippen molar-refractivity contribution in [2.45, 2.75) is 24.1 Å². The number of carbonyl (C=O) groups is 1. The molecule has 0 aliphatic heterocycles. The standard InChI is InChI=1S/C11H12F3NO5S/c12-11(13,14)20-8-3-5-9(6-4-8)21(18,19)15-7-1-2-10(16)17/h3-6,15H,1-2,7H2,(H,16,17). The van der Waals surface area contributed by atoms with Crippen LogP contribution in [0.4, 0.5) is 13.2 Å². The van der Waals surface area contributed by atoms with Crippen molar-refractivity contribution < 1.29 is 36.2 Å². The highest BCUT2D eigenvalue weighted by Crippen LogP contribution is 2.23. The van der Waals surface area contributed by atoms with Gasteiger partial charge < -0.3 is 9.84 Å². The van der Waals surface area contributed by atoms with Gasteiger partial charge in [-0.1, -0.05) is 0 Å². The number of hydrogen-bond acceptors (Lipinski definition) is 4. The molecule has 1 rings (SSSR count). The number of sulfonamides is 1. The molecule has 1 aromatic rings. The smallest absolute Gasteiger partial charge is 0.481 e. The third kappa shape index (κ3) is 6.45. The molecular weight excluding hydrogens is 315 g/mol. The van der Waals surface area contributed by atoms with E-state index in [4.69, 9.17) is 5.11 Å². The fourth-order valence-corrected chi connectivity index (χ4v) is 2.42. The number of nitrogens with one attached hydrogen (secondary N) is 1. The summed E-state index contributed by atoms with van der Waals surface area (Å²) in [5.41, 5.74) is 0. The van der Waals surface area contributed by atoms with Crippen molar-refractivity contribution in [2.24, 2.45) is 0 Å². The number of benzene rings is 1. The minimum Gasteiger partial charge on any atom is -0.481 e. The highest BCUT2D eigenvalue weighted by atomic mass is 32.2. The van der Waals surface area contributed by atoms with Crippen LogP contribution in [0.2, 0.25) is 0 Å². The van der Waals surface area contributed by atoms with Crippen molar-refractivity contribution in [3.05, 3.63) is 24.3 Å². The van der Waals surface area contributed by atoms with E-state index in [-0.39, 0.29) is 24.3 Å². The second kappa shape index (κ2) is 6.76. The quantitative estimate of drug-likeness (QED) is 0.744. The molecule has 6 nitrogen and oxygen atoms in total. The van der Waals surface area contributed by atoms with Crippen LogP contribution in [0.5, 0.6) is 5.75 Å². The van der Waals surface area contributed by atoms with Crippen molar-refractivity contribution in [3.8, 4) is 5.75 Å². The van der Waals surface area contributed by atoms with Crippen molar-refractivity contribution in [3.63, 3.8) is 0 Å². The second-order valence-electron chi connectivity index (χ2n) is 3.91. The molecule has 0 unspecified atom stereocenters. The zero-order chi connectivity index (χ0) is 16.1. The Kier molecular flexibility index (Phi) is 5.55. The Balaban J connectivity index is 2.65. The van der Waals surface area contributed by atoms with Gasteiger partial charge >= 0.3 is 12.3 Å². The number of alkyl halides is 3. The molecule has 0 spiro atoms. The molecule has 0 aliphatic carbocycles. The number of halogens is 3. The lowest BCUT2D eigenvalue weighted by atomic mass is 10.3. The summed E-state index contributed by atoms with van der Waals surface area (Å²) in [6.45, 7) is -0.0879. The second-order valence-corrected chi connectivity index (χ2v) is 5.68. The van der Waals surface area contributed by atoms with E-state index < -0.39 is 28.1 Å². The van der Waals surface area contributed by atoms with E-state index in [1.807, 2.05) is 0 Å². The maximum atomic E-state index is 11.9. The predicted molar refractivity (Wildman–Crippen MR) is 65.2 cm³/mol. The lowest BCUT2D eigenvalue weighted by molar-refractivity contribution is -0.274. The molecule has 10 heteroatoms. The summed E-state index contributed by atoms with van der Waals surface area (Å²) in [5.74, 6) is -1.59. The third-order valence-corrected chi connectivity index (χ3v) is 3.70. The molecule has 21 heavy (non-hydrogen) atoms. The summed E-state index contributed by atoms with van der Waals surface area (Å²) in [7, 11) is -3.90. The van der Waals surface area contributed by atoms with Crippen molar-refractivity contribution >= 4 is 16.0 Å². The van der Waals surface area contributed by atoms with E-state index in [1.165, 1.54) is 0 Å². The molecule has 118 valence electrons. The zero-order valence-corrected chi connectivity index (χ0v) is 11.4. The van der Waals surface area contributed by atoms with Crippen LogP contribution in [-0.4, -0.2) is 32.4 Å². The van der Waals surface area contributed by atoms with Gasteiger partial charge in [0.05, 0.1) is 4.90 Å². The van der Waals surface area contributed by atoms with Crippen LogP contribution in [0.3, 0.4) is 0 Å². The maximum absolute atomic E-state index is 11.9. The number of ether oxygens (including phenoxy) is 1. The lowest BCUT2D eigenvalue weighted by Crippen LogP contribution is -2.25. The largest absolute Gasteiger partial charge is 0.573 e. The van der Waals surface area contributed by atoms with Crippen molar-refractivity contribution in [1.82, 2.24) is 4.72 Å². The predicted octanol–water partition coefficient (Wildman–Crippen LogP) is 1.73. The molecule has 0 heterocycles. The van der Waals surface area contributed by atoms with Crippen LogP contribution in [-0.2, 0) is 14.8 Å². The first-order valence-electron chi connectivity index (χ1n) is 5.67. The average Bonchev–Trinajstić information content (AvgIpc) is 2.33. The van der Waals surface area contributed by atoms with Gasteiger partial charge in [0, 0.05) is 13.0 Å². The van der Waals surface area contributed by atoms with Crippen LogP contribution >= 0.6 is 0 Å². The molecule has 1 aromatic carbocycles. The Morgan fingerprint density at radius 1 is 1.24 bits per heavy atom. The van der Waals surface area contributed by atoms with Crippen LogP contribution in [0.25, 0.3) is 0 Å². The van der Waals surface area contributed by atoms with Gasteiger partial charge in [-0.2, -0.15) is 0 Å². The van der Waals surface area contributed by atoms with Crippen molar-refractivity contribution in [1.29, 1.82) is 0 Å². The number of hydrogen-bond donors (Lipinski definition) is 2. The van der Waals surface area contributed by atoms with E-state index >= 15 is 0 Å². The van der Waals surface area contributed by atoms with Crippen LogP contribution in [0.1, 0.15) is 12.8 Å². The topological polar surface area (TPSA) is 92.7 Å². The highest BCUT2D eigenvalue weighted by Gasteiger charge is 2.31. The Morgan fingerprint density at radius 3 is 2.29 bits per heavy atom. The Labute approximate surface area is 118 Å². The fourth-order valence-electron chi connectivity index (χ4n) is 1.35. The van der Waals surface area contributed by atoms with Gasteiger partial charge in [0.25, 0.3) is 0 Å². The van der Waals surface area contributed by atoms with Gasteiger partial charge in [0.1, 0.15) is 5.75 Å². The lowest BCUT2D eigenvalue weighted by Gasteiger charge is -2.10. The average molecular weight is 327 g/mol. The van der Waals surface area contributed by atoms with Crippen LogP contribution in [0.15, 0.2) is 29.2 Å². The summed E-state index contributed by atoms with van der Waals surface area (Å²) < 4.78 is 65.1. The molecule has 0 saturated heterocycles. The fraction of sp³-hybridized carbons (Fsp3) is 0.364. The number of carboxylic acids is 1. The highest BCUT2D eigenvalue weighted by molar-refractivity contribution is 7.89. The first-order valence-corrected chi connectivity index (χ1v) is 7.16. The first kappa shape index (κ1) is 17.2. The summed E-state index contributed by atoms with van der Waals surface area (Å²) >= 11 is 0. The van der Waals surface area contributed by atoms with E-state index in [0.29, 0.717) is 0 Å². The van der Waals surface area contributed by atoms with Crippen LogP contribution < -0.4 is 9.46 Å². The summed E-state index contributed by atoms with van der Waals surface area (Å²) in [6.07, 6.45) is -4.94. The minimum atomic E-state index is -4.85. The Morgan fingerprint density at radius 2 is 1.81 bits per heavy atom. The van der Waals surface area contributed by atoms with E-state index in [0.717, 1.165) is 24.3 Å². The minimum absolute atomic E-state index is 0.0879. The number of carboxylic acid groups (broad SMARTS) is 1. The van der Waals surface area contributed by atoms with E-state index in [1.54, 1.807) is 0 Å². The van der Waals surface area contributed by atoms with Gasteiger partial charge in [-0.25, -0.2) is 13.1 Å². The van der Waals surface area contributed by atoms with Gasteiger partial charge in [-0.05, 0) is 30.7 Å². The van der Waals surface area contributed by atoms with E-state index in [2.05, 4.69) is 9.46 Å². The summed E-state index contributed by atoms with van der Waals surface area (Å²) in [5, 5.41) is 8.40. The van der Waals surface area contributed by atoms with Gasteiger partial charge in [-0.15, -0.1) is 13.2 Å². The molecule has 0 saturated carbocycles. The summed E-state index contributed by atoms with van der Waals surface area (Å²) in [4.78, 5) is 10.0.